The summed E-state index contributed by atoms with van der Waals surface area (Å²) in [6.07, 6.45) is 1.43. The predicted octanol–water partition coefficient (Wildman–Crippen LogP) is 3.28. The van der Waals surface area contributed by atoms with Crippen molar-refractivity contribution in [2.24, 2.45) is 0 Å². The minimum atomic E-state index is -0.373. The Balaban J connectivity index is 2.01. The molecule has 0 atom stereocenters. The molecule has 0 aliphatic rings. The monoisotopic (exact) mass is 272 g/mol. The third-order valence-electron chi connectivity index (χ3n) is 2.60. The number of hydrogen-bond acceptors (Lipinski definition) is 4. The van der Waals surface area contributed by atoms with Gasteiger partial charge in [0.15, 0.2) is 5.13 Å². The lowest BCUT2D eigenvalue weighted by Gasteiger charge is -2.07. The minimum absolute atomic E-state index is 0.373. The van der Waals surface area contributed by atoms with Gasteiger partial charge in [0.05, 0.1) is 6.20 Å². The molecule has 19 heavy (non-hydrogen) atoms. The van der Waals surface area contributed by atoms with E-state index in [2.05, 4.69) is 15.6 Å². The molecule has 1 aromatic carbocycles. The van der Waals surface area contributed by atoms with Crippen LogP contribution in [0.4, 0.5) is 15.6 Å². The van der Waals surface area contributed by atoms with Crippen molar-refractivity contribution in [1.29, 1.82) is 5.26 Å². The van der Waals surface area contributed by atoms with Gasteiger partial charge in [-0.3, -0.25) is 5.32 Å². The molecule has 0 unspecified atom stereocenters. The number of nitriles is 1. The Labute approximate surface area is 114 Å². The van der Waals surface area contributed by atoms with Gasteiger partial charge in [0, 0.05) is 5.69 Å². The summed E-state index contributed by atoms with van der Waals surface area (Å²) in [6.45, 7) is 4.00. The predicted molar refractivity (Wildman–Crippen MR) is 75.4 cm³/mol. The lowest BCUT2D eigenvalue weighted by Crippen LogP contribution is -2.19. The fourth-order valence-corrected chi connectivity index (χ4v) is 2.07. The number of aromatic nitrogens is 1. The Bertz CT molecular complexity index is 657. The van der Waals surface area contributed by atoms with Gasteiger partial charge in [-0.25, -0.2) is 9.78 Å². The van der Waals surface area contributed by atoms with E-state index in [0.29, 0.717) is 10.0 Å². The number of nitrogens with one attached hydrogen (secondary N) is 2. The van der Waals surface area contributed by atoms with Crippen molar-refractivity contribution in [2.75, 3.05) is 10.6 Å². The van der Waals surface area contributed by atoms with Crippen molar-refractivity contribution in [2.45, 2.75) is 13.8 Å². The average Bonchev–Trinajstić information content (AvgIpc) is 2.81. The number of benzene rings is 1. The first-order valence-electron chi connectivity index (χ1n) is 5.59. The van der Waals surface area contributed by atoms with Crippen LogP contribution in [0.5, 0.6) is 0 Å². The van der Waals surface area contributed by atoms with Gasteiger partial charge in [-0.15, -0.1) is 0 Å². The average molecular weight is 272 g/mol. The van der Waals surface area contributed by atoms with Crippen LogP contribution in [0.2, 0.25) is 0 Å². The summed E-state index contributed by atoms with van der Waals surface area (Å²) in [4.78, 5) is 16.1. The van der Waals surface area contributed by atoms with Crippen LogP contribution in [0.1, 0.15) is 16.0 Å². The first-order valence-corrected chi connectivity index (χ1v) is 6.41. The molecule has 6 heteroatoms. The summed E-state index contributed by atoms with van der Waals surface area (Å²) >= 11 is 1.13. The molecule has 1 aromatic heterocycles. The zero-order valence-electron chi connectivity index (χ0n) is 10.5. The Morgan fingerprint density at radius 3 is 2.74 bits per heavy atom. The molecule has 0 fully saturated rings. The van der Waals surface area contributed by atoms with E-state index in [1.807, 2.05) is 38.1 Å². The second kappa shape index (κ2) is 5.50. The van der Waals surface area contributed by atoms with Crippen LogP contribution in [0.3, 0.4) is 0 Å². The number of thiazole rings is 1. The third-order valence-corrected chi connectivity index (χ3v) is 3.42. The number of hydrogen-bond donors (Lipinski definition) is 2. The smallest absolute Gasteiger partial charge is 0.308 e. The van der Waals surface area contributed by atoms with Crippen LogP contribution < -0.4 is 10.6 Å². The number of carbonyl (C=O) groups is 1. The molecule has 0 saturated carbocycles. The first kappa shape index (κ1) is 13.1. The number of carbonyl (C=O) groups excluding carboxylic acids is 1. The molecule has 2 rings (SSSR count). The van der Waals surface area contributed by atoms with Crippen molar-refractivity contribution >= 4 is 28.2 Å². The van der Waals surface area contributed by atoms with Gasteiger partial charge >= 0.3 is 6.03 Å². The van der Waals surface area contributed by atoms with Gasteiger partial charge < -0.3 is 5.32 Å². The van der Waals surface area contributed by atoms with Gasteiger partial charge in [-0.1, -0.05) is 17.4 Å². The van der Waals surface area contributed by atoms with Crippen LogP contribution in [0.15, 0.2) is 24.4 Å². The highest BCUT2D eigenvalue weighted by atomic mass is 32.1. The number of amides is 2. The normalized spacial score (nSPS) is 9.74. The Hall–Kier alpha value is -2.39. The lowest BCUT2D eigenvalue weighted by atomic mass is 10.1. The first-order chi connectivity index (χ1) is 9.08. The summed E-state index contributed by atoms with van der Waals surface area (Å²) in [5, 5.41) is 14.4. The fraction of sp³-hybridized carbons (Fsp3) is 0.154. The van der Waals surface area contributed by atoms with Gasteiger partial charge in [0.25, 0.3) is 0 Å². The number of urea groups is 1. The maximum atomic E-state index is 11.7. The van der Waals surface area contributed by atoms with Crippen molar-refractivity contribution in [3.8, 4) is 6.07 Å². The molecule has 0 bridgehead atoms. The molecule has 0 radical (unpaired) electrons. The number of rotatable bonds is 2. The van der Waals surface area contributed by atoms with E-state index in [1.54, 1.807) is 0 Å². The molecule has 96 valence electrons. The SMILES string of the molecule is Cc1ccc(NC(=O)Nc2ncc(C#N)s2)cc1C. The zero-order valence-corrected chi connectivity index (χ0v) is 11.3. The summed E-state index contributed by atoms with van der Waals surface area (Å²) in [5.74, 6) is 0. The lowest BCUT2D eigenvalue weighted by molar-refractivity contribution is 0.262. The molecule has 0 aliphatic heterocycles. The highest BCUT2D eigenvalue weighted by Gasteiger charge is 2.07. The maximum absolute atomic E-state index is 11.7. The minimum Gasteiger partial charge on any atom is -0.308 e. The second-order valence-corrected chi connectivity index (χ2v) is 5.05. The van der Waals surface area contributed by atoms with E-state index in [4.69, 9.17) is 5.26 Å². The number of nitrogens with zero attached hydrogens (tertiary/aromatic N) is 2. The highest BCUT2D eigenvalue weighted by molar-refractivity contribution is 7.16. The summed E-state index contributed by atoms with van der Waals surface area (Å²) in [7, 11) is 0. The van der Waals surface area contributed by atoms with Gasteiger partial charge in [-0.2, -0.15) is 5.26 Å². The Morgan fingerprint density at radius 2 is 2.11 bits per heavy atom. The summed E-state index contributed by atoms with van der Waals surface area (Å²) in [5.41, 5.74) is 3.00. The number of aryl methyl sites for hydroxylation is 2. The number of anilines is 2. The van der Waals surface area contributed by atoms with Crippen LogP contribution in [0, 0.1) is 25.2 Å². The van der Waals surface area contributed by atoms with E-state index in [9.17, 15) is 4.79 Å². The molecule has 0 aliphatic carbocycles. The van der Waals surface area contributed by atoms with E-state index < -0.39 is 0 Å². The van der Waals surface area contributed by atoms with Crippen LogP contribution >= 0.6 is 11.3 Å². The molecule has 2 amide bonds. The largest absolute Gasteiger partial charge is 0.325 e. The van der Waals surface area contributed by atoms with Crippen molar-refractivity contribution in [3.05, 3.63) is 40.4 Å². The van der Waals surface area contributed by atoms with Crippen molar-refractivity contribution in [3.63, 3.8) is 0 Å². The van der Waals surface area contributed by atoms with Crippen molar-refractivity contribution < 1.29 is 4.79 Å². The van der Waals surface area contributed by atoms with Gasteiger partial charge in [0.1, 0.15) is 10.9 Å². The molecule has 0 spiro atoms. The standard InChI is InChI=1S/C13H12N4OS/c1-8-3-4-10(5-9(8)2)16-12(18)17-13-15-7-11(6-14)19-13/h3-5,7H,1-2H3,(H2,15,16,17,18). The van der Waals surface area contributed by atoms with Gasteiger partial charge in [0.2, 0.25) is 0 Å². The van der Waals surface area contributed by atoms with E-state index in [0.717, 1.165) is 22.6 Å². The highest BCUT2D eigenvalue weighted by Crippen LogP contribution is 2.18. The zero-order chi connectivity index (χ0) is 13.8. The Kier molecular flexibility index (Phi) is 3.78. The van der Waals surface area contributed by atoms with Crippen molar-refractivity contribution in [1.82, 2.24) is 4.98 Å². The molecule has 5 nitrogen and oxygen atoms in total. The van der Waals surface area contributed by atoms with Crippen LogP contribution in [0.25, 0.3) is 0 Å². The molecule has 2 aromatic rings. The van der Waals surface area contributed by atoms with Gasteiger partial charge in [-0.05, 0) is 37.1 Å². The topological polar surface area (TPSA) is 77.8 Å². The van der Waals surface area contributed by atoms with Crippen LogP contribution in [-0.2, 0) is 0 Å². The maximum Gasteiger partial charge on any atom is 0.325 e. The summed E-state index contributed by atoms with van der Waals surface area (Å²) < 4.78 is 0. The molecule has 2 N–H and O–H groups in total. The van der Waals surface area contributed by atoms with Crippen LogP contribution in [-0.4, -0.2) is 11.0 Å². The Morgan fingerprint density at radius 1 is 1.32 bits per heavy atom. The molecular weight excluding hydrogens is 260 g/mol. The van der Waals surface area contributed by atoms with E-state index in [-0.39, 0.29) is 6.03 Å². The van der Waals surface area contributed by atoms with E-state index >= 15 is 0 Å². The third kappa shape index (κ3) is 3.30. The molecule has 0 saturated heterocycles. The van der Waals surface area contributed by atoms with E-state index in [1.165, 1.54) is 11.8 Å². The summed E-state index contributed by atoms with van der Waals surface area (Å²) in [6, 6.07) is 7.28. The molecular formula is C13H12N4OS. The quantitative estimate of drug-likeness (QED) is 0.880. The molecule has 1 heterocycles. The fourth-order valence-electron chi connectivity index (χ4n) is 1.46. The second-order valence-electron chi connectivity index (χ2n) is 4.02.